The smallest absolute Gasteiger partial charge is 0.264 e. The number of halogens is 1. The molecule has 2 nitrogen and oxygen atoms in total. The zero-order valence-corrected chi connectivity index (χ0v) is 9.02. The molecule has 0 atom stereocenters. The van der Waals surface area contributed by atoms with Crippen LogP contribution in [0.2, 0.25) is 5.02 Å². The van der Waals surface area contributed by atoms with Gasteiger partial charge in [0.05, 0.1) is 5.02 Å². The van der Waals surface area contributed by atoms with Gasteiger partial charge in [-0.05, 0) is 24.4 Å². The first-order valence-corrected chi connectivity index (χ1v) is 4.53. The zero-order valence-electron chi connectivity index (χ0n) is 7.45. The number of nitrogens with zero attached hydrogens (tertiary/aromatic N) is 1. The predicted octanol–water partition coefficient (Wildman–Crippen LogP) is 2.57. The number of benzene rings is 1. The van der Waals surface area contributed by atoms with Crippen molar-refractivity contribution < 1.29 is 4.74 Å². The van der Waals surface area contributed by atoms with Gasteiger partial charge >= 0.3 is 0 Å². The summed E-state index contributed by atoms with van der Waals surface area (Å²) in [5.74, 6) is 0.586. The molecule has 70 valence electrons. The van der Waals surface area contributed by atoms with Gasteiger partial charge in [-0.3, -0.25) is 0 Å². The molecule has 0 aliphatic heterocycles. The van der Waals surface area contributed by atoms with Gasteiger partial charge in [0.1, 0.15) is 5.75 Å². The van der Waals surface area contributed by atoms with Crippen LogP contribution in [0.3, 0.4) is 0 Å². The lowest BCUT2D eigenvalue weighted by atomic mass is 10.3. The van der Waals surface area contributed by atoms with Crippen LogP contribution in [0.1, 0.15) is 0 Å². The van der Waals surface area contributed by atoms with Gasteiger partial charge in [-0.2, -0.15) is 0 Å². The lowest BCUT2D eigenvalue weighted by Gasteiger charge is -2.14. The van der Waals surface area contributed by atoms with E-state index in [1.165, 1.54) is 0 Å². The quantitative estimate of drug-likeness (QED) is 0.669. The summed E-state index contributed by atoms with van der Waals surface area (Å²) < 4.78 is 5.33. The maximum atomic E-state index is 5.87. The molecule has 0 N–H and O–H groups in total. The number of rotatable bonds is 1. The Balaban J connectivity index is 2.75. The fourth-order valence-electron chi connectivity index (χ4n) is 0.713. The molecule has 13 heavy (non-hydrogen) atoms. The Kier molecular flexibility index (Phi) is 3.51. The summed E-state index contributed by atoms with van der Waals surface area (Å²) in [5.41, 5.74) is 0. The molecule has 0 amide bonds. The fraction of sp³-hybridized carbons (Fsp3) is 0.222. The Morgan fingerprint density at radius 2 is 2.00 bits per heavy atom. The summed E-state index contributed by atoms with van der Waals surface area (Å²) in [7, 11) is 3.64. The van der Waals surface area contributed by atoms with E-state index in [1.807, 2.05) is 26.2 Å². The fourth-order valence-corrected chi connectivity index (χ4v) is 0.977. The molecule has 0 radical (unpaired) electrons. The van der Waals surface area contributed by atoms with Crippen LogP contribution in [0.25, 0.3) is 0 Å². The highest BCUT2D eigenvalue weighted by atomic mass is 35.5. The van der Waals surface area contributed by atoms with Crippen LogP contribution in [0.4, 0.5) is 0 Å². The maximum Gasteiger partial charge on any atom is 0.264 e. The highest BCUT2D eigenvalue weighted by Gasteiger charge is 2.04. The van der Waals surface area contributed by atoms with Crippen LogP contribution in [-0.2, 0) is 0 Å². The molecule has 0 saturated carbocycles. The average Bonchev–Trinajstić information content (AvgIpc) is 2.08. The maximum absolute atomic E-state index is 5.87. The van der Waals surface area contributed by atoms with Crippen molar-refractivity contribution in [3.05, 3.63) is 29.3 Å². The number of para-hydroxylation sites is 1. The van der Waals surface area contributed by atoms with Crippen molar-refractivity contribution in [2.24, 2.45) is 0 Å². The number of ether oxygens (including phenoxy) is 1. The van der Waals surface area contributed by atoms with Crippen LogP contribution in [0, 0.1) is 0 Å². The van der Waals surface area contributed by atoms with Crippen molar-refractivity contribution in [3.63, 3.8) is 0 Å². The summed E-state index contributed by atoms with van der Waals surface area (Å²) >= 11 is 10.8. The second kappa shape index (κ2) is 4.44. The SMILES string of the molecule is CN(C)C(=S)Oc1ccccc1Cl. The van der Waals surface area contributed by atoms with Gasteiger partial charge in [0, 0.05) is 14.1 Å². The topological polar surface area (TPSA) is 12.5 Å². The Hall–Kier alpha value is -0.800. The molecule has 1 aromatic carbocycles. The lowest BCUT2D eigenvalue weighted by molar-refractivity contribution is 0.449. The first kappa shape index (κ1) is 10.3. The van der Waals surface area contributed by atoms with Crippen LogP contribution < -0.4 is 4.74 Å². The third kappa shape index (κ3) is 2.86. The second-order valence-electron chi connectivity index (χ2n) is 2.69. The molecule has 0 heterocycles. The first-order valence-electron chi connectivity index (χ1n) is 3.75. The Bertz CT molecular complexity index is 314. The van der Waals surface area contributed by atoms with E-state index >= 15 is 0 Å². The van der Waals surface area contributed by atoms with E-state index in [1.54, 1.807) is 17.0 Å². The van der Waals surface area contributed by atoms with E-state index in [0.29, 0.717) is 15.9 Å². The van der Waals surface area contributed by atoms with Crippen molar-refractivity contribution in [1.82, 2.24) is 4.90 Å². The molecule has 1 aromatic rings. The molecule has 0 bridgehead atoms. The zero-order chi connectivity index (χ0) is 9.84. The average molecular weight is 216 g/mol. The molecule has 0 aliphatic carbocycles. The molecule has 0 saturated heterocycles. The molecule has 0 aromatic heterocycles. The summed E-state index contributed by atoms with van der Waals surface area (Å²) in [6, 6.07) is 7.22. The van der Waals surface area contributed by atoms with Crippen molar-refractivity contribution in [1.29, 1.82) is 0 Å². The Morgan fingerprint density at radius 3 is 2.54 bits per heavy atom. The van der Waals surface area contributed by atoms with Gasteiger partial charge in [-0.25, -0.2) is 0 Å². The van der Waals surface area contributed by atoms with Gasteiger partial charge in [0.25, 0.3) is 5.17 Å². The highest BCUT2D eigenvalue weighted by molar-refractivity contribution is 7.80. The van der Waals surface area contributed by atoms with Crippen molar-refractivity contribution in [2.75, 3.05) is 14.1 Å². The molecule has 0 unspecified atom stereocenters. The van der Waals surface area contributed by atoms with Crippen molar-refractivity contribution in [3.8, 4) is 5.75 Å². The third-order valence-electron chi connectivity index (χ3n) is 1.40. The summed E-state index contributed by atoms with van der Waals surface area (Å²) in [6.07, 6.45) is 0. The predicted molar refractivity (Wildman–Crippen MR) is 58.4 cm³/mol. The molecular weight excluding hydrogens is 206 g/mol. The van der Waals surface area contributed by atoms with Crippen LogP contribution in [-0.4, -0.2) is 24.2 Å². The molecular formula is C9H10ClNOS. The highest BCUT2D eigenvalue weighted by Crippen LogP contribution is 2.23. The molecule has 0 spiro atoms. The van der Waals surface area contributed by atoms with Gasteiger partial charge < -0.3 is 9.64 Å². The molecule has 1 rings (SSSR count). The van der Waals surface area contributed by atoms with E-state index in [9.17, 15) is 0 Å². The third-order valence-corrected chi connectivity index (χ3v) is 2.16. The van der Waals surface area contributed by atoms with E-state index in [4.69, 9.17) is 28.6 Å². The van der Waals surface area contributed by atoms with Crippen LogP contribution >= 0.6 is 23.8 Å². The summed E-state index contributed by atoms with van der Waals surface area (Å²) in [6.45, 7) is 0. The van der Waals surface area contributed by atoms with Gasteiger partial charge in [0.15, 0.2) is 0 Å². The standard InChI is InChI=1S/C9H10ClNOS/c1-11(2)9(13)12-8-6-4-3-5-7(8)10/h3-6H,1-2H3. The largest absolute Gasteiger partial charge is 0.430 e. The van der Waals surface area contributed by atoms with Crippen molar-refractivity contribution >= 4 is 29.0 Å². The number of hydrogen-bond donors (Lipinski definition) is 0. The Morgan fingerprint density at radius 1 is 1.38 bits per heavy atom. The number of hydrogen-bond acceptors (Lipinski definition) is 2. The lowest BCUT2D eigenvalue weighted by Crippen LogP contribution is -2.25. The minimum absolute atomic E-state index is 0.396. The normalized spacial score (nSPS) is 9.46. The van der Waals surface area contributed by atoms with Gasteiger partial charge in [-0.15, -0.1) is 0 Å². The van der Waals surface area contributed by atoms with Gasteiger partial charge in [-0.1, -0.05) is 23.7 Å². The van der Waals surface area contributed by atoms with E-state index in [-0.39, 0.29) is 0 Å². The minimum atomic E-state index is 0.396. The van der Waals surface area contributed by atoms with E-state index < -0.39 is 0 Å². The number of thiocarbonyl (C=S) groups is 1. The van der Waals surface area contributed by atoms with Crippen molar-refractivity contribution in [2.45, 2.75) is 0 Å². The van der Waals surface area contributed by atoms with E-state index in [2.05, 4.69) is 0 Å². The summed E-state index contributed by atoms with van der Waals surface area (Å²) in [5, 5.41) is 0.958. The van der Waals surface area contributed by atoms with Gasteiger partial charge in [0.2, 0.25) is 0 Å². The second-order valence-corrected chi connectivity index (χ2v) is 3.45. The first-order chi connectivity index (χ1) is 6.11. The molecule has 0 aliphatic rings. The Labute approximate surface area is 88.1 Å². The molecule has 0 fully saturated rings. The minimum Gasteiger partial charge on any atom is -0.430 e. The van der Waals surface area contributed by atoms with E-state index in [0.717, 1.165) is 0 Å². The van der Waals surface area contributed by atoms with Crippen LogP contribution in [0.5, 0.6) is 5.75 Å². The van der Waals surface area contributed by atoms with Crippen LogP contribution in [0.15, 0.2) is 24.3 Å². The monoisotopic (exact) mass is 215 g/mol. The summed E-state index contributed by atoms with van der Waals surface area (Å²) in [4.78, 5) is 1.71. The molecule has 4 heteroatoms.